The SMILES string of the molecule is COc1ccc(CN2CC(c3ccc(F)cc3)=CC(CCl)=N2)cc1. The number of halogens is 2. The number of nitrogens with zero attached hydrogens (tertiary/aromatic N) is 2. The van der Waals surface area contributed by atoms with Crippen LogP contribution in [0.2, 0.25) is 0 Å². The average Bonchev–Trinajstić information content (AvgIpc) is 2.62. The standard InChI is InChI=1S/C19H18ClFN2O/c1-24-19-8-2-14(3-9-19)12-23-13-16(10-18(11-20)22-23)15-4-6-17(21)7-5-15/h2-10H,11-13H2,1H3. The first-order valence-electron chi connectivity index (χ1n) is 7.66. The monoisotopic (exact) mass is 344 g/mol. The quantitative estimate of drug-likeness (QED) is 0.754. The van der Waals surface area contributed by atoms with Crippen LogP contribution >= 0.6 is 11.6 Å². The number of hydrogen-bond acceptors (Lipinski definition) is 3. The molecule has 1 aliphatic rings. The van der Waals surface area contributed by atoms with E-state index in [2.05, 4.69) is 5.10 Å². The third-order valence-corrected chi connectivity index (χ3v) is 4.11. The number of rotatable bonds is 5. The van der Waals surface area contributed by atoms with Crippen molar-refractivity contribution in [2.24, 2.45) is 5.10 Å². The van der Waals surface area contributed by atoms with E-state index < -0.39 is 0 Å². The Labute approximate surface area is 146 Å². The van der Waals surface area contributed by atoms with Crippen molar-refractivity contribution in [2.45, 2.75) is 6.54 Å². The second kappa shape index (κ2) is 7.49. The van der Waals surface area contributed by atoms with Crippen LogP contribution in [0.1, 0.15) is 11.1 Å². The van der Waals surface area contributed by atoms with Gasteiger partial charge in [-0.15, -0.1) is 11.6 Å². The highest BCUT2D eigenvalue weighted by atomic mass is 35.5. The van der Waals surface area contributed by atoms with Crippen LogP contribution < -0.4 is 4.74 Å². The highest BCUT2D eigenvalue weighted by Crippen LogP contribution is 2.22. The molecule has 0 spiro atoms. The van der Waals surface area contributed by atoms with E-state index in [1.165, 1.54) is 12.1 Å². The van der Waals surface area contributed by atoms with Gasteiger partial charge in [-0.2, -0.15) is 5.10 Å². The molecule has 0 saturated carbocycles. The normalized spacial score (nSPS) is 14.2. The summed E-state index contributed by atoms with van der Waals surface area (Å²) in [4.78, 5) is 0. The van der Waals surface area contributed by atoms with Crippen LogP contribution in [-0.4, -0.2) is 30.3 Å². The summed E-state index contributed by atoms with van der Waals surface area (Å²) in [5.74, 6) is 0.926. The summed E-state index contributed by atoms with van der Waals surface area (Å²) in [5, 5.41) is 6.54. The Morgan fingerprint density at radius 1 is 1.12 bits per heavy atom. The second-order valence-electron chi connectivity index (χ2n) is 5.57. The molecule has 0 bridgehead atoms. The highest BCUT2D eigenvalue weighted by Gasteiger charge is 2.15. The van der Waals surface area contributed by atoms with Gasteiger partial charge in [0.1, 0.15) is 11.6 Å². The van der Waals surface area contributed by atoms with E-state index in [4.69, 9.17) is 16.3 Å². The van der Waals surface area contributed by atoms with Gasteiger partial charge in [-0.1, -0.05) is 24.3 Å². The van der Waals surface area contributed by atoms with Gasteiger partial charge < -0.3 is 4.74 Å². The van der Waals surface area contributed by atoms with E-state index >= 15 is 0 Å². The molecule has 5 heteroatoms. The molecule has 0 aromatic heterocycles. The van der Waals surface area contributed by atoms with E-state index in [0.29, 0.717) is 19.0 Å². The Kier molecular flexibility index (Phi) is 5.16. The maximum atomic E-state index is 13.1. The van der Waals surface area contributed by atoms with Gasteiger partial charge in [-0.3, -0.25) is 5.01 Å². The lowest BCUT2D eigenvalue weighted by Crippen LogP contribution is -2.25. The molecule has 1 heterocycles. The molecule has 0 N–H and O–H groups in total. The molecule has 24 heavy (non-hydrogen) atoms. The number of methoxy groups -OCH3 is 1. The fourth-order valence-corrected chi connectivity index (χ4v) is 2.76. The van der Waals surface area contributed by atoms with Crippen LogP contribution in [0.3, 0.4) is 0 Å². The van der Waals surface area contributed by atoms with Crippen LogP contribution in [0, 0.1) is 5.82 Å². The number of ether oxygens (including phenoxy) is 1. The molecule has 1 aliphatic heterocycles. The summed E-state index contributed by atoms with van der Waals surface area (Å²) in [7, 11) is 1.65. The lowest BCUT2D eigenvalue weighted by molar-refractivity contribution is 0.313. The molecule has 0 amide bonds. The fourth-order valence-electron chi connectivity index (χ4n) is 2.63. The maximum Gasteiger partial charge on any atom is 0.123 e. The summed E-state index contributed by atoms with van der Waals surface area (Å²) < 4.78 is 18.3. The molecule has 3 nitrogen and oxygen atoms in total. The summed E-state index contributed by atoms with van der Waals surface area (Å²) in [6.07, 6.45) is 1.98. The van der Waals surface area contributed by atoms with E-state index in [-0.39, 0.29) is 5.82 Å². The third-order valence-electron chi connectivity index (χ3n) is 3.84. The predicted molar refractivity (Wildman–Crippen MR) is 95.9 cm³/mol. The number of hydrazone groups is 1. The third kappa shape index (κ3) is 3.95. The van der Waals surface area contributed by atoms with Crippen molar-refractivity contribution >= 4 is 22.9 Å². The Bertz CT molecular complexity index is 754. The van der Waals surface area contributed by atoms with Crippen LogP contribution in [0.5, 0.6) is 5.75 Å². The van der Waals surface area contributed by atoms with Crippen molar-refractivity contribution in [2.75, 3.05) is 19.5 Å². The Morgan fingerprint density at radius 2 is 1.83 bits per heavy atom. The minimum absolute atomic E-state index is 0.239. The molecule has 0 aliphatic carbocycles. The van der Waals surface area contributed by atoms with Gasteiger partial charge in [0.2, 0.25) is 0 Å². The lowest BCUT2D eigenvalue weighted by Gasteiger charge is -2.26. The smallest absolute Gasteiger partial charge is 0.123 e. The zero-order valence-corrected chi connectivity index (χ0v) is 14.1. The maximum absolute atomic E-state index is 13.1. The van der Waals surface area contributed by atoms with Gasteiger partial charge in [0.15, 0.2) is 0 Å². The predicted octanol–water partition coefficient (Wildman–Crippen LogP) is 4.33. The highest BCUT2D eigenvalue weighted by molar-refractivity contribution is 6.31. The number of benzene rings is 2. The fraction of sp³-hybridized carbons (Fsp3) is 0.211. The van der Waals surface area contributed by atoms with Crippen molar-refractivity contribution < 1.29 is 9.13 Å². The molecular weight excluding hydrogens is 327 g/mol. The molecule has 0 atom stereocenters. The van der Waals surface area contributed by atoms with Gasteiger partial charge >= 0.3 is 0 Å². The number of hydrogen-bond donors (Lipinski definition) is 0. The van der Waals surface area contributed by atoms with E-state index in [9.17, 15) is 4.39 Å². The Balaban J connectivity index is 1.78. The zero-order valence-electron chi connectivity index (χ0n) is 13.4. The minimum Gasteiger partial charge on any atom is -0.497 e. The first-order chi connectivity index (χ1) is 11.7. The summed E-state index contributed by atoms with van der Waals surface area (Å²) in [6, 6.07) is 14.4. The van der Waals surface area contributed by atoms with E-state index in [1.807, 2.05) is 35.4 Å². The van der Waals surface area contributed by atoms with E-state index in [1.54, 1.807) is 19.2 Å². The molecule has 0 fully saturated rings. The summed E-state index contributed by atoms with van der Waals surface area (Å²) in [6.45, 7) is 1.32. The van der Waals surface area contributed by atoms with E-state index in [0.717, 1.165) is 28.2 Å². The van der Waals surface area contributed by atoms with Gasteiger partial charge in [-0.25, -0.2) is 4.39 Å². The van der Waals surface area contributed by atoms with Gasteiger partial charge in [0.05, 0.1) is 31.8 Å². The van der Waals surface area contributed by atoms with Crippen LogP contribution in [-0.2, 0) is 6.54 Å². The number of allylic oxidation sites excluding steroid dienone is 1. The topological polar surface area (TPSA) is 24.8 Å². The van der Waals surface area contributed by atoms with Gasteiger partial charge in [0.25, 0.3) is 0 Å². The Hall–Kier alpha value is -2.33. The molecule has 2 aromatic rings. The number of alkyl halides is 1. The first kappa shape index (κ1) is 16.5. The largest absolute Gasteiger partial charge is 0.497 e. The summed E-state index contributed by atoms with van der Waals surface area (Å²) in [5.41, 5.74) is 3.99. The van der Waals surface area contributed by atoms with Crippen LogP contribution in [0.15, 0.2) is 59.7 Å². The lowest BCUT2D eigenvalue weighted by atomic mass is 10.0. The second-order valence-corrected chi connectivity index (χ2v) is 5.84. The molecule has 0 radical (unpaired) electrons. The minimum atomic E-state index is -0.239. The van der Waals surface area contributed by atoms with Crippen LogP contribution in [0.4, 0.5) is 4.39 Å². The zero-order chi connectivity index (χ0) is 16.9. The molecule has 124 valence electrons. The van der Waals surface area contributed by atoms with Crippen molar-refractivity contribution in [3.63, 3.8) is 0 Å². The Morgan fingerprint density at radius 3 is 2.46 bits per heavy atom. The molecular formula is C19H18ClFN2O. The van der Waals surface area contributed by atoms with Crippen molar-refractivity contribution in [1.29, 1.82) is 0 Å². The van der Waals surface area contributed by atoms with Crippen LogP contribution in [0.25, 0.3) is 5.57 Å². The van der Waals surface area contributed by atoms with Gasteiger partial charge in [0, 0.05) is 0 Å². The van der Waals surface area contributed by atoms with Crippen molar-refractivity contribution in [3.8, 4) is 5.75 Å². The van der Waals surface area contributed by atoms with Gasteiger partial charge in [-0.05, 0) is 47.0 Å². The van der Waals surface area contributed by atoms with Crippen molar-refractivity contribution in [3.05, 3.63) is 71.6 Å². The molecule has 0 saturated heterocycles. The summed E-state index contributed by atoms with van der Waals surface area (Å²) >= 11 is 5.99. The van der Waals surface area contributed by atoms with Crippen molar-refractivity contribution in [1.82, 2.24) is 5.01 Å². The average molecular weight is 345 g/mol. The molecule has 3 rings (SSSR count). The molecule has 0 unspecified atom stereocenters. The first-order valence-corrected chi connectivity index (χ1v) is 8.19. The molecule has 2 aromatic carbocycles.